The van der Waals surface area contributed by atoms with Crippen LogP contribution in [0, 0.1) is 0 Å². The molecule has 118 valence electrons. The van der Waals surface area contributed by atoms with E-state index in [4.69, 9.17) is 0 Å². The average molecular weight is 338 g/mol. The van der Waals surface area contributed by atoms with Crippen LogP contribution in [-0.2, 0) is 0 Å². The van der Waals surface area contributed by atoms with Crippen LogP contribution in [0.3, 0.4) is 0 Å². The Labute approximate surface area is 145 Å². The molecule has 1 aliphatic rings. The van der Waals surface area contributed by atoms with Crippen LogP contribution >= 0.6 is 19.7 Å². The van der Waals surface area contributed by atoms with Gasteiger partial charge in [0.2, 0.25) is 0 Å². The number of thioether (sulfide) groups is 1. The second-order valence-electron chi connectivity index (χ2n) is 5.63. The van der Waals surface area contributed by atoms with Gasteiger partial charge in [0.1, 0.15) is 0 Å². The van der Waals surface area contributed by atoms with Crippen molar-refractivity contribution in [2.75, 3.05) is 5.75 Å². The largest absolute Gasteiger partial charge is 0.126 e. The van der Waals surface area contributed by atoms with Crippen LogP contribution in [0.1, 0.15) is 26.2 Å². The summed E-state index contributed by atoms with van der Waals surface area (Å²) in [6.07, 6.45) is 8.35. The fourth-order valence-electron chi connectivity index (χ4n) is 2.75. The molecule has 0 unspecified atom stereocenters. The van der Waals surface area contributed by atoms with E-state index < -0.39 is 7.92 Å². The molecule has 0 saturated carbocycles. The maximum absolute atomic E-state index is 2.34. The highest BCUT2D eigenvalue weighted by Crippen LogP contribution is 2.51. The van der Waals surface area contributed by atoms with Crippen LogP contribution < -0.4 is 10.6 Å². The lowest BCUT2D eigenvalue weighted by molar-refractivity contribution is 0.897. The van der Waals surface area contributed by atoms with Gasteiger partial charge in [-0.2, -0.15) is 0 Å². The number of hydrogen-bond acceptors (Lipinski definition) is 1. The van der Waals surface area contributed by atoms with E-state index in [9.17, 15) is 0 Å². The lowest BCUT2D eigenvalue weighted by Crippen LogP contribution is -2.12. The molecule has 2 aromatic rings. The highest BCUT2D eigenvalue weighted by Gasteiger charge is 2.22. The minimum absolute atomic E-state index is 0.416. The second kappa shape index (κ2) is 8.52. The quantitative estimate of drug-likeness (QED) is 0.452. The van der Waals surface area contributed by atoms with E-state index in [-0.39, 0.29) is 0 Å². The molecular weight excluding hydrogens is 315 g/mol. The summed E-state index contributed by atoms with van der Waals surface area (Å²) in [4.78, 5) is 1.51. The van der Waals surface area contributed by atoms with Crippen LogP contribution in [0.4, 0.5) is 0 Å². The Kier molecular flexibility index (Phi) is 6.13. The van der Waals surface area contributed by atoms with Crippen molar-refractivity contribution in [3.8, 4) is 0 Å². The lowest BCUT2D eigenvalue weighted by Gasteiger charge is -2.22. The summed E-state index contributed by atoms with van der Waals surface area (Å²) in [7, 11) is -0.416. The molecule has 23 heavy (non-hydrogen) atoms. The van der Waals surface area contributed by atoms with Gasteiger partial charge in [-0.1, -0.05) is 86.2 Å². The fourth-order valence-corrected chi connectivity index (χ4v) is 6.76. The van der Waals surface area contributed by atoms with Gasteiger partial charge < -0.3 is 0 Å². The molecule has 2 heteroatoms. The van der Waals surface area contributed by atoms with E-state index in [0.29, 0.717) is 0 Å². The minimum atomic E-state index is -0.416. The summed E-state index contributed by atoms with van der Waals surface area (Å²) >= 11 is 2.04. The SMILES string of the molecule is CCCCSC1=C(P(c2ccccc2)c2ccccc2)CC=C1. The molecule has 0 N–H and O–H groups in total. The fraction of sp³-hybridized carbons (Fsp3) is 0.238. The van der Waals surface area contributed by atoms with Crippen molar-refractivity contribution in [3.05, 3.63) is 83.0 Å². The van der Waals surface area contributed by atoms with Gasteiger partial charge in [-0.15, -0.1) is 11.8 Å². The monoisotopic (exact) mass is 338 g/mol. The number of benzene rings is 2. The van der Waals surface area contributed by atoms with Gasteiger partial charge in [0, 0.05) is 4.91 Å². The van der Waals surface area contributed by atoms with Gasteiger partial charge in [-0.3, -0.25) is 0 Å². The van der Waals surface area contributed by atoms with Gasteiger partial charge in [0.25, 0.3) is 0 Å². The molecule has 1 aliphatic carbocycles. The first-order valence-electron chi connectivity index (χ1n) is 8.33. The van der Waals surface area contributed by atoms with Crippen molar-refractivity contribution in [2.24, 2.45) is 0 Å². The van der Waals surface area contributed by atoms with Crippen molar-refractivity contribution >= 4 is 30.3 Å². The highest BCUT2D eigenvalue weighted by molar-refractivity contribution is 8.03. The van der Waals surface area contributed by atoms with Crippen molar-refractivity contribution in [2.45, 2.75) is 26.2 Å². The zero-order chi connectivity index (χ0) is 15.9. The zero-order valence-corrected chi connectivity index (χ0v) is 15.3. The van der Waals surface area contributed by atoms with Crippen LogP contribution in [0.5, 0.6) is 0 Å². The highest BCUT2D eigenvalue weighted by atomic mass is 32.2. The summed E-state index contributed by atoms with van der Waals surface area (Å²) in [6, 6.07) is 22.1. The summed E-state index contributed by atoms with van der Waals surface area (Å²) in [5, 5.41) is 4.54. The predicted octanol–water partition coefficient (Wildman–Crippen LogP) is 5.82. The summed E-state index contributed by atoms with van der Waals surface area (Å²) < 4.78 is 0. The molecule has 3 rings (SSSR count). The molecule has 0 amide bonds. The lowest BCUT2D eigenvalue weighted by atomic mass is 10.4. The summed E-state index contributed by atoms with van der Waals surface area (Å²) in [5.74, 6) is 1.23. The number of hydrogen-bond donors (Lipinski definition) is 0. The Morgan fingerprint density at radius 1 is 0.913 bits per heavy atom. The molecule has 0 radical (unpaired) electrons. The normalized spacial score (nSPS) is 14.0. The third-order valence-electron chi connectivity index (χ3n) is 3.92. The minimum Gasteiger partial charge on any atom is -0.126 e. The molecule has 0 spiro atoms. The van der Waals surface area contributed by atoms with Gasteiger partial charge >= 0.3 is 0 Å². The Balaban J connectivity index is 1.97. The van der Waals surface area contributed by atoms with E-state index >= 15 is 0 Å². The van der Waals surface area contributed by atoms with E-state index in [1.807, 2.05) is 11.8 Å². The number of unbranched alkanes of at least 4 members (excludes halogenated alkanes) is 1. The van der Waals surface area contributed by atoms with Crippen LogP contribution in [0.15, 0.2) is 83.0 Å². The van der Waals surface area contributed by atoms with Crippen LogP contribution in [0.2, 0.25) is 0 Å². The van der Waals surface area contributed by atoms with Crippen molar-refractivity contribution in [1.29, 1.82) is 0 Å². The molecule has 0 heterocycles. The maximum atomic E-state index is 2.34. The average Bonchev–Trinajstić information content (AvgIpc) is 3.06. The number of rotatable bonds is 7. The Bertz CT molecular complexity index is 634. The van der Waals surface area contributed by atoms with E-state index in [1.165, 1.54) is 34.1 Å². The van der Waals surface area contributed by atoms with Crippen LogP contribution in [0.25, 0.3) is 0 Å². The first-order valence-corrected chi connectivity index (χ1v) is 10.7. The van der Waals surface area contributed by atoms with Gasteiger partial charge in [-0.05, 0) is 42.4 Å². The third kappa shape index (κ3) is 4.16. The van der Waals surface area contributed by atoms with Crippen molar-refractivity contribution in [3.63, 3.8) is 0 Å². The smallest absolute Gasteiger partial charge is 0.0115 e. The molecule has 0 atom stereocenters. The number of allylic oxidation sites excluding steroid dienone is 3. The van der Waals surface area contributed by atoms with Crippen molar-refractivity contribution < 1.29 is 0 Å². The molecule has 0 nitrogen and oxygen atoms in total. The second-order valence-corrected chi connectivity index (χ2v) is 9.01. The molecule has 0 aromatic heterocycles. The zero-order valence-electron chi connectivity index (χ0n) is 13.6. The molecule has 0 fully saturated rings. The first-order chi connectivity index (χ1) is 11.4. The molecule has 0 aliphatic heterocycles. The summed E-state index contributed by atoms with van der Waals surface area (Å²) in [5.41, 5.74) is 0. The van der Waals surface area contributed by atoms with Gasteiger partial charge in [-0.25, -0.2) is 0 Å². The predicted molar refractivity (Wildman–Crippen MR) is 107 cm³/mol. The molecule has 0 bridgehead atoms. The standard InChI is InChI=1S/C21H23PS/c1-2-3-17-23-21-16-10-15-20(21)22(18-11-6-4-7-12-18)19-13-8-5-9-14-19/h4-14,16H,2-3,15,17H2,1H3. The van der Waals surface area contributed by atoms with Crippen LogP contribution in [-0.4, -0.2) is 5.75 Å². The first kappa shape index (κ1) is 16.6. The third-order valence-corrected chi connectivity index (χ3v) is 7.85. The van der Waals surface area contributed by atoms with Crippen molar-refractivity contribution in [1.82, 2.24) is 0 Å². The van der Waals surface area contributed by atoms with E-state index in [2.05, 4.69) is 79.7 Å². The molecule has 0 saturated heterocycles. The summed E-state index contributed by atoms with van der Waals surface area (Å²) in [6.45, 7) is 2.27. The Morgan fingerprint density at radius 3 is 2.09 bits per heavy atom. The maximum Gasteiger partial charge on any atom is 0.0115 e. The Morgan fingerprint density at radius 2 is 1.52 bits per heavy atom. The van der Waals surface area contributed by atoms with E-state index in [1.54, 1.807) is 5.31 Å². The topological polar surface area (TPSA) is 0 Å². The Hall–Kier alpha value is -1.30. The van der Waals surface area contributed by atoms with Gasteiger partial charge in [0.05, 0.1) is 0 Å². The van der Waals surface area contributed by atoms with E-state index in [0.717, 1.165) is 6.42 Å². The molecule has 2 aromatic carbocycles. The van der Waals surface area contributed by atoms with Gasteiger partial charge in [0.15, 0.2) is 0 Å². The molecular formula is C21H23PS.